The molecule has 0 heterocycles. The smallest absolute Gasteiger partial charge is 0.306 e. The number of methoxy groups -OCH3 is 2. The average molecular weight is 587 g/mol. The third-order valence-electron chi connectivity index (χ3n) is 4.52. The van der Waals surface area contributed by atoms with E-state index in [0.29, 0.717) is 10.0 Å². The highest BCUT2D eigenvalue weighted by molar-refractivity contribution is 9.10. The predicted molar refractivity (Wildman–Crippen MR) is 134 cm³/mol. The van der Waals surface area contributed by atoms with Crippen molar-refractivity contribution in [2.75, 3.05) is 26.7 Å². The third-order valence-corrected chi connectivity index (χ3v) is 6.06. The van der Waals surface area contributed by atoms with Crippen LogP contribution in [0, 0.1) is 0 Å². The summed E-state index contributed by atoms with van der Waals surface area (Å²) in [6, 6.07) is 15.4. The van der Waals surface area contributed by atoms with E-state index < -0.39 is 20.2 Å². The standard InChI is InChI=1S/C23H23BrO9S2/c1-29-20-13-17(24)22(30-2)23(33-35(4,27)28)21(20)16-10-11-18(19(12-16)32-34(3,25)26)31-14-15-8-6-5-7-9-15/h5-13H,14H2,1-4H3. The van der Waals surface area contributed by atoms with Gasteiger partial charge >= 0.3 is 20.2 Å². The number of hydrogen-bond acceptors (Lipinski definition) is 9. The van der Waals surface area contributed by atoms with E-state index in [2.05, 4.69) is 15.9 Å². The Kier molecular flexibility index (Phi) is 8.18. The Morgan fingerprint density at radius 3 is 1.97 bits per heavy atom. The van der Waals surface area contributed by atoms with E-state index >= 15 is 0 Å². The van der Waals surface area contributed by atoms with Crippen LogP contribution < -0.4 is 22.6 Å². The molecule has 0 radical (unpaired) electrons. The van der Waals surface area contributed by atoms with Crippen LogP contribution in [0.4, 0.5) is 0 Å². The lowest BCUT2D eigenvalue weighted by Crippen LogP contribution is -2.09. The monoisotopic (exact) mass is 586 g/mol. The first-order valence-electron chi connectivity index (χ1n) is 9.96. The summed E-state index contributed by atoms with van der Waals surface area (Å²) >= 11 is 3.32. The van der Waals surface area contributed by atoms with E-state index in [1.807, 2.05) is 30.3 Å². The molecule has 0 spiro atoms. The molecule has 3 aromatic carbocycles. The minimum absolute atomic E-state index is 0.0983. The van der Waals surface area contributed by atoms with Gasteiger partial charge in [-0.05, 0) is 45.3 Å². The van der Waals surface area contributed by atoms with Crippen molar-refractivity contribution in [2.45, 2.75) is 6.61 Å². The van der Waals surface area contributed by atoms with Crippen LogP contribution in [0.5, 0.6) is 28.7 Å². The van der Waals surface area contributed by atoms with Gasteiger partial charge in [0.05, 0.1) is 36.8 Å². The van der Waals surface area contributed by atoms with Gasteiger partial charge in [0.25, 0.3) is 0 Å². The van der Waals surface area contributed by atoms with Crippen molar-refractivity contribution in [3.05, 3.63) is 64.6 Å². The Morgan fingerprint density at radius 2 is 1.40 bits per heavy atom. The van der Waals surface area contributed by atoms with Gasteiger partial charge in [-0.3, -0.25) is 0 Å². The Balaban J connectivity index is 2.19. The fraction of sp³-hybridized carbons (Fsp3) is 0.217. The van der Waals surface area contributed by atoms with E-state index in [-0.39, 0.29) is 40.9 Å². The largest absolute Gasteiger partial charge is 0.496 e. The molecule has 0 amide bonds. The van der Waals surface area contributed by atoms with Crippen molar-refractivity contribution >= 4 is 36.2 Å². The van der Waals surface area contributed by atoms with Crippen LogP contribution >= 0.6 is 15.9 Å². The molecule has 0 bridgehead atoms. The minimum atomic E-state index is -3.98. The maximum Gasteiger partial charge on any atom is 0.306 e. The molecule has 0 aromatic heterocycles. The number of ether oxygens (including phenoxy) is 3. The van der Waals surface area contributed by atoms with Crippen LogP contribution in [-0.2, 0) is 26.8 Å². The van der Waals surface area contributed by atoms with Gasteiger partial charge in [-0.1, -0.05) is 36.4 Å². The molecule has 35 heavy (non-hydrogen) atoms. The highest BCUT2D eigenvalue weighted by Crippen LogP contribution is 2.50. The Bertz CT molecular complexity index is 1420. The van der Waals surface area contributed by atoms with Gasteiger partial charge in [0, 0.05) is 0 Å². The van der Waals surface area contributed by atoms with Crippen molar-refractivity contribution in [1.29, 1.82) is 0 Å². The molecule has 3 rings (SSSR count). The SMILES string of the molecule is COc1cc(Br)c(OC)c(OS(C)(=O)=O)c1-c1ccc(OCc2ccccc2)c(OS(C)(=O)=O)c1. The fourth-order valence-corrected chi connectivity index (χ4v) is 4.66. The van der Waals surface area contributed by atoms with Crippen LogP contribution in [0.1, 0.15) is 5.56 Å². The Labute approximate surface area is 212 Å². The highest BCUT2D eigenvalue weighted by Gasteiger charge is 2.26. The second kappa shape index (κ2) is 10.8. The third kappa shape index (κ3) is 7.03. The van der Waals surface area contributed by atoms with Gasteiger partial charge in [0.1, 0.15) is 12.4 Å². The number of halogens is 1. The molecule has 9 nitrogen and oxygen atoms in total. The Hall–Kier alpha value is -2.96. The first-order valence-corrected chi connectivity index (χ1v) is 14.4. The molecule has 0 aliphatic carbocycles. The summed E-state index contributed by atoms with van der Waals surface area (Å²) in [5, 5.41) is 0. The zero-order valence-corrected chi connectivity index (χ0v) is 22.5. The molecule has 3 aromatic rings. The highest BCUT2D eigenvalue weighted by atomic mass is 79.9. The molecule has 0 atom stereocenters. The molecule has 0 aliphatic heterocycles. The van der Waals surface area contributed by atoms with Gasteiger partial charge in [-0.25, -0.2) is 0 Å². The van der Waals surface area contributed by atoms with Gasteiger partial charge in [0.15, 0.2) is 23.0 Å². The summed E-state index contributed by atoms with van der Waals surface area (Å²) in [6.45, 7) is 0.165. The average Bonchev–Trinajstić information content (AvgIpc) is 2.76. The van der Waals surface area contributed by atoms with E-state index in [9.17, 15) is 16.8 Å². The molecule has 0 N–H and O–H groups in total. The van der Waals surface area contributed by atoms with Crippen LogP contribution in [0.3, 0.4) is 0 Å². The number of benzene rings is 3. The lowest BCUT2D eigenvalue weighted by atomic mass is 10.0. The summed E-state index contributed by atoms with van der Waals surface area (Å²) < 4.78 is 75.5. The second-order valence-corrected chi connectivity index (χ2v) is 11.3. The first kappa shape index (κ1) is 26.6. The zero-order valence-electron chi connectivity index (χ0n) is 19.3. The van der Waals surface area contributed by atoms with E-state index in [4.69, 9.17) is 22.6 Å². The van der Waals surface area contributed by atoms with Gasteiger partial charge in [-0.15, -0.1) is 0 Å². The molecule has 0 saturated heterocycles. The molecule has 0 aliphatic rings. The molecule has 188 valence electrons. The van der Waals surface area contributed by atoms with Crippen molar-refractivity contribution in [2.24, 2.45) is 0 Å². The lowest BCUT2D eigenvalue weighted by Gasteiger charge is -2.19. The van der Waals surface area contributed by atoms with Crippen LogP contribution in [-0.4, -0.2) is 43.6 Å². The van der Waals surface area contributed by atoms with Gasteiger partial charge in [0.2, 0.25) is 0 Å². The van der Waals surface area contributed by atoms with Crippen molar-refractivity contribution < 1.29 is 39.4 Å². The topological polar surface area (TPSA) is 114 Å². The van der Waals surface area contributed by atoms with Crippen molar-refractivity contribution in [3.63, 3.8) is 0 Å². The minimum Gasteiger partial charge on any atom is -0.496 e. The van der Waals surface area contributed by atoms with E-state index in [1.165, 1.54) is 26.4 Å². The van der Waals surface area contributed by atoms with Crippen molar-refractivity contribution in [1.82, 2.24) is 0 Å². The molecule has 0 unspecified atom stereocenters. The molecule has 0 fully saturated rings. The molecular formula is C23H23BrO9S2. The fourth-order valence-electron chi connectivity index (χ4n) is 3.19. The van der Waals surface area contributed by atoms with Gasteiger partial charge in [-0.2, -0.15) is 16.8 Å². The van der Waals surface area contributed by atoms with Crippen LogP contribution in [0.2, 0.25) is 0 Å². The summed E-state index contributed by atoms with van der Waals surface area (Å²) in [6.07, 6.45) is 1.80. The number of rotatable bonds is 10. The van der Waals surface area contributed by atoms with E-state index in [0.717, 1.165) is 18.1 Å². The Morgan fingerprint density at radius 1 is 0.743 bits per heavy atom. The maximum absolute atomic E-state index is 12.0. The number of hydrogen-bond donors (Lipinski definition) is 0. The van der Waals surface area contributed by atoms with Crippen LogP contribution in [0.15, 0.2) is 59.1 Å². The second-order valence-electron chi connectivity index (χ2n) is 7.31. The zero-order chi connectivity index (χ0) is 25.8. The summed E-state index contributed by atoms with van der Waals surface area (Å²) in [7, 11) is -5.16. The van der Waals surface area contributed by atoms with E-state index in [1.54, 1.807) is 12.1 Å². The first-order chi connectivity index (χ1) is 16.4. The van der Waals surface area contributed by atoms with Crippen LogP contribution in [0.25, 0.3) is 11.1 Å². The predicted octanol–water partition coefficient (Wildman–Crippen LogP) is 4.39. The maximum atomic E-state index is 12.0. The lowest BCUT2D eigenvalue weighted by molar-refractivity contribution is 0.296. The van der Waals surface area contributed by atoms with Crippen molar-refractivity contribution in [3.8, 4) is 39.9 Å². The van der Waals surface area contributed by atoms with Gasteiger partial charge < -0.3 is 22.6 Å². The normalized spacial score (nSPS) is 11.6. The molecular weight excluding hydrogens is 564 g/mol. The molecule has 0 saturated carbocycles. The summed E-state index contributed by atoms with van der Waals surface area (Å²) in [5.74, 6) is 0.247. The summed E-state index contributed by atoms with van der Waals surface area (Å²) in [5.41, 5.74) is 1.40. The summed E-state index contributed by atoms with van der Waals surface area (Å²) in [4.78, 5) is 0. The molecule has 12 heteroatoms. The quantitative estimate of drug-likeness (QED) is 0.319.